The Morgan fingerprint density at radius 3 is 2.00 bits per heavy atom. The van der Waals surface area contributed by atoms with Gasteiger partial charge in [0.15, 0.2) is 0 Å². The van der Waals surface area contributed by atoms with Crippen molar-refractivity contribution >= 4 is 12.6 Å². The van der Waals surface area contributed by atoms with Gasteiger partial charge >= 0.3 is 0 Å². The van der Waals surface area contributed by atoms with Crippen molar-refractivity contribution in [2.45, 2.75) is 43.9 Å². The minimum absolute atomic E-state index is 0.236. The van der Waals surface area contributed by atoms with Crippen LogP contribution < -0.4 is 5.73 Å². The summed E-state index contributed by atoms with van der Waals surface area (Å²) >= 11 is 4.66. The van der Waals surface area contributed by atoms with Gasteiger partial charge in [-0.1, -0.05) is 13.8 Å². The Kier molecular flexibility index (Phi) is 2.31. The molecule has 1 saturated carbocycles. The minimum atomic E-state index is 0.236. The van der Waals surface area contributed by atoms with Gasteiger partial charge in [-0.15, -0.1) is 0 Å². The molecule has 1 aliphatic carbocycles. The smallest absolute Gasteiger partial charge is 0.0168 e. The largest absolute Gasteiger partial charge is 0.327 e. The fourth-order valence-electron chi connectivity index (χ4n) is 1.61. The van der Waals surface area contributed by atoms with Crippen LogP contribution >= 0.6 is 12.6 Å². The average Bonchev–Trinajstić information content (AvgIpc) is 2.66. The Morgan fingerprint density at radius 1 is 1.50 bits per heavy atom. The lowest BCUT2D eigenvalue weighted by molar-refractivity contribution is 0.481. The van der Waals surface area contributed by atoms with Crippen LogP contribution in [0.15, 0.2) is 0 Å². The molecule has 0 spiro atoms. The molecule has 0 aliphatic heterocycles. The van der Waals surface area contributed by atoms with Crippen LogP contribution in [0.5, 0.6) is 0 Å². The van der Waals surface area contributed by atoms with Crippen LogP contribution in [0.3, 0.4) is 0 Å². The molecule has 1 nitrogen and oxygen atoms in total. The first-order chi connectivity index (χ1) is 4.64. The Morgan fingerprint density at radius 2 is 1.90 bits per heavy atom. The fraction of sp³-hybridized carbons (Fsp3) is 1.00. The molecule has 0 bridgehead atoms. The molecule has 1 rings (SSSR count). The first-order valence-electron chi connectivity index (χ1n) is 4.12. The zero-order valence-corrected chi connectivity index (χ0v) is 7.70. The molecule has 1 fully saturated rings. The van der Waals surface area contributed by atoms with E-state index in [4.69, 9.17) is 5.73 Å². The van der Waals surface area contributed by atoms with E-state index in [9.17, 15) is 0 Å². The molecule has 2 atom stereocenters. The summed E-state index contributed by atoms with van der Waals surface area (Å²) in [5, 5.41) is 0. The van der Waals surface area contributed by atoms with Gasteiger partial charge in [0, 0.05) is 10.8 Å². The maximum atomic E-state index is 5.75. The molecule has 2 unspecified atom stereocenters. The van der Waals surface area contributed by atoms with Crippen molar-refractivity contribution in [2.75, 3.05) is 0 Å². The average molecular weight is 159 g/mol. The SMILES string of the molecule is CCC(S)(CC)C1CC1N. The Hall–Kier alpha value is 0.310. The Balaban J connectivity index is 2.48. The summed E-state index contributed by atoms with van der Waals surface area (Å²) in [4.78, 5) is 0. The molecule has 0 heterocycles. The molecule has 10 heavy (non-hydrogen) atoms. The highest BCUT2D eigenvalue weighted by atomic mass is 32.1. The van der Waals surface area contributed by atoms with Gasteiger partial charge in [0.1, 0.15) is 0 Å². The molecule has 0 amide bonds. The van der Waals surface area contributed by atoms with Crippen LogP contribution in [0, 0.1) is 5.92 Å². The maximum Gasteiger partial charge on any atom is 0.0168 e. The van der Waals surface area contributed by atoms with Crippen molar-refractivity contribution in [3.05, 3.63) is 0 Å². The second-order valence-corrected chi connectivity index (χ2v) is 4.21. The number of nitrogens with two attached hydrogens (primary N) is 1. The highest BCUT2D eigenvalue weighted by Gasteiger charge is 2.46. The van der Waals surface area contributed by atoms with E-state index in [1.165, 1.54) is 6.42 Å². The van der Waals surface area contributed by atoms with Crippen molar-refractivity contribution in [3.63, 3.8) is 0 Å². The van der Waals surface area contributed by atoms with Gasteiger partial charge in [-0.3, -0.25) is 0 Å². The third kappa shape index (κ3) is 1.32. The van der Waals surface area contributed by atoms with Gasteiger partial charge in [-0.2, -0.15) is 12.6 Å². The van der Waals surface area contributed by atoms with E-state index in [0.717, 1.165) is 12.8 Å². The van der Waals surface area contributed by atoms with Crippen LogP contribution in [0.1, 0.15) is 33.1 Å². The summed E-state index contributed by atoms with van der Waals surface area (Å²) in [5.41, 5.74) is 5.75. The summed E-state index contributed by atoms with van der Waals surface area (Å²) in [6.45, 7) is 4.39. The topological polar surface area (TPSA) is 26.0 Å². The quantitative estimate of drug-likeness (QED) is 0.604. The minimum Gasteiger partial charge on any atom is -0.327 e. The standard InChI is InChI=1S/C8H17NS/c1-3-8(10,4-2)6-5-7(6)9/h6-7,10H,3-5,9H2,1-2H3. The fourth-order valence-corrected chi connectivity index (χ4v) is 1.90. The lowest BCUT2D eigenvalue weighted by Crippen LogP contribution is -2.26. The second-order valence-electron chi connectivity index (χ2n) is 3.32. The summed E-state index contributed by atoms with van der Waals surface area (Å²) in [6.07, 6.45) is 3.47. The lowest BCUT2D eigenvalue weighted by Gasteiger charge is -2.25. The molecule has 0 radical (unpaired) electrons. The van der Waals surface area contributed by atoms with E-state index in [-0.39, 0.29) is 4.75 Å². The van der Waals surface area contributed by atoms with E-state index in [2.05, 4.69) is 26.5 Å². The van der Waals surface area contributed by atoms with Crippen LogP contribution in [-0.4, -0.2) is 10.8 Å². The van der Waals surface area contributed by atoms with Crippen LogP contribution in [0.25, 0.3) is 0 Å². The number of thiol groups is 1. The molecular weight excluding hydrogens is 142 g/mol. The summed E-state index contributed by atoms with van der Waals surface area (Å²) in [5.74, 6) is 0.686. The summed E-state index contributed by atoms with van der Waals surface area (Å²) in [7, 11) is 0. The van der Waals surface area contributed by atoms with Gasteiger partial charge in [0.25, 0.3) is 0 Å². The second kappa shape index (κ2) is 2.74. The van der Waals surface area contributed by atoms with Gasteiger partial charge < -0.3 is 5.73 Å². The first-order valence-corrected chi connectivity index (χ1v) is 4.56. The number of rotatable bonds is 3. The summed E-state index contributed by atoms with van der Waals surface area (Å²) < 4.78 is 0.236. The molecule has 0 saturated heterocycles. The van der Waals surface area contributed by atoms with Crippen molar-refractivity contribution in [1.82, 2.24) is 0 Å². The van der Waals surface area contributed by atoms with E-state index < -0.39 is 0 Å². The van der Waals surface area contributed by atoms with Crippen LogP contribution in [0.2, 0.25) is 0 Å². The van der Waals surface area contributed by atoms with E-state index in [0.29, 0.717) is 12.0 Å². The molecule has 60 valence electrons. The molecule has 0 aromatic rings. The number of hydrogen-bond acceptors (Lipinski definition) is 2. The normalized spacial score (nSPS) is 32.4. The third-order valence-electron chi connectivity index (χ3n) is 2.75. The maximum absolute atomic E-state index is 5.75. The van der Waals surface area contributed by atoms with Crippen LogP contribution in [0.4, 0.5) is 0 Å². The highest BCUT2D eigenvalue weighted by molar-refractivity contribution is 7.81. The van der Waals surface area contributed by atoms with Crippen molar-refractivity contribution in [1.29, 1.82) is 0 Å². The molecule has 0 aromatic carbocycles. The zero-order valence-electron chi connectivity index (χ0n) is 6.80. The van der Waals surface area contributed by atoms with Crippen molar-refractivity contribution in [3.8, 4) is 0 Å². The van der Waals surface area contributed by atoms with Gasteiger partial charge in [0.05, 0.1) is 0 Å². The molecule has 2 heteroatoms. The lowest BCUT2D eigenvalue weighted by atomic mass is 9.96. The number of hydrogen-bond donors (Lipinski definition) is 2. The van der Waals surface area contributed by atoms with E-state index >= 15 is 0 Å². The molecular formula is C8H17NS. The molecule has 0 aromatic heterocycles. The van der Waals surface area contributed by atoms with E-state index in [1.807, 2.05) is 0 Å². The predicted octanol–water partition coefficient (Wildman–Crippen LogP) is 1.82. The first kappa shape index (κ1) is 8.41. The van der Waals surface area contributed by atoms with E-state index in [1.54, 1.807) is 0 Å². The Bertz CT molecular complexity index is 120. The van der Waals surface area contributed by atoms with Crippen molar-refractivity contribution < 1.29 is 0 Å². The zero-order chi connectivity index (χ0) is 7.78. The monoisotopic (exact) mass is 159 g/mol. The molecule has 1 aliphatic rings. The van der Waals surface area contributed by atoms with Crippen LogP contribution in [-0.2, 0) is 0 Å². The van der Waals surface area contributed by atoms with Crippen molar-refractivity contribution in [2.24, 2.45) is 11.7 Å². The highest BCUT2D eigenvalue weighted by Crippen LogP contribution is 2.46. The third-order valence-corrected chi connectivity index (χ3v) is 3.72. The Labute approximate surface area is 68.8 Å². The predicted molar refractivity (Wildman–Crippen MR) is 48.4 cm³/mol. The van der Waals surface area contributed by atoms with Gasteiger partial charge in [-0.05, 0) is 25.2 Å². The summed E-state index contributed by atoms with van der Waals surface area (Å²) in [6, 6.07) is 0.442. The molecule has 2 N–H and O–H groups in total. The van der Waals surface area contributed by atoms with Gasteiger partial charge in [-0.25, -0.2) is 0 Å². The van der Waals surface area contributed by atoms with Gasteiger partial charge in [0.2, 0.25) is 0 Å².